The molecule has 0 radical (unpaired) electrons. The minimum atomic E-state index is -1.24. The van der Waals surface area contributed by atoms with Crippen molar-refractivity contribution in [1.29, 1.82) is 0 Å². The Labute approximate surface area is 215 Å². The molecule has 36 heavy (non-hydrogen) atoms. The van der Waals surface area contributed by atoms with Gasteiger partial charge in [0.05, 0.1) is 12.4 Å². The number of nitrogens with zero attached hydrogens (tertiary/aromatic N) is 2. The van der Waals surface area contributed by atoms with Crippen molar-refractivity contribution in [2.24, 2.45) is 28.1 Å². The average molecular weight is 528 g/mol. The molecule has 0 saturated carbocycles. The molecule has 0 saturated heterocycles. The molecule has 0 aliphatic carbocycles. The molecule has 0 aliphatic rings. The summed E-state index contributed by atoms with van der Waals surface area (Å²) in [5.41, 5.74) is 16.9. The molecule has 15 heteroatoms. The second-order valence-electron chi connectivity index (χ2n) is 8.67. The molecule has 3 amide bonds. The minimum Gasteiger partial charge on any atom is -0.480 e. The van der Waals surface area contributed by atoms with Crippen molar-refractivity contribution in [1.82, 2.24) is 25.9 Å². The number of amides is 3. The van der Waals surface area contributed by atoms with Crippen molar-refractivity contribution < 1.29 is 24.3 Å². The van der Waals surface area contributed by atoms with Gasteiger partial charge in [-0.15, -0.1) is 0 Å². The highest BCUT2D eigenvalue weighted by Crippen LogP contribution is 2.09. The highest BCUT2D eigenvalue weighted by Gasteiger charge is 2.30. The van der Waals surface area contributed by atoms with Gasteiger partial charge >= 0.3 is 5.97 Å². The molecule has 0 aliphatic heterocycles. The molecule has 1 aromatic rings. The highest BCUT2D eigenvalue weighted by molar-refractivity contribution is 7.80. The van der Waals surface area contributed by atoms with Gasteiger partial charge < -0.3 is 43.2 Å². The summed E-state index contributed by atoms with van der Waals surface area (Å²) in [6.45, 7) is 3.93. The van der Waals surface area contributed by atoms with E-state index in [1.165, 1.54) is 12.5 Å². The molecule has 4 atom stereocenters. The summed E-state index contributed by atoms with van der Waals surface area (Å²) in [6, 6.07) is -4.25. The maximum Gasteiger partial charge on any atom is 0.326 e. The third kappa shape index (κ3) is 11.4. The lowest BCUT2D eigenvalue weighted by molar-refractivity contribution is -0.142. The van der Waals surface area contributed by atoms with Gasteiger partial charge in [-0.1, -0.05) is 13.8 Å². The molecular formula is C21H37N9O5S. The van der Waals surface area contributed by atoms with Gasteiger partial charge in [0.1, 0.15) is 18.1 Å². The molecule has 1 heterocycles. The van der Waals surface area contributed by atoms with Gasteiger partial charge in [-0.05, 0) is 25.2 Å². The van der Waals surface area contributed by atoms with Crippen LogP contribution >= 0.6 is 12.6 Å². The molecule has 202 valence electrons. The molecule has 4 unspecified atom stereocenters. The number of imidazole rings is 1. The van der Waals surface area contributed by atoms with Gasteiger partial charge in [-0.25, -0.2) is 9.78 Å². The van der Waals surface area contributed by atoms with Crippen LogP contribution in [-0.2, 0) is 25.6 Å². The van der Waals surface area contributed by atoms with E-state index in [2.05, 4.69) is 43.5 Å². The van der Waals surface area contributed by atoms with Crippen LogP contribution in [-0.4, -0.2) is 81.2 Å². The Morgan fingerprint density at radius 1 is 1.08 bits per heavy atom. The maximum absolute atomic E-state index is 13.1. The smallest absolute Gasteiger partial charge is 0.326 e. The number of H-pyrrole nitrogens is 1. The minimum absolute atomic E-state index is 0.00977. The number of nitrogens with two attached hydrogens (primary N) is 3. The highest BCUT2D eigenvalue weighted by atomic mass is 32.1. The Kier molecular flexibility index (Phi) is 13.3. The monoisotopic (exact) mass is 527 g/mol. The van der Waals surface area contributed by atoms with Crippen LogP contribution in [0.1, 0.15) is 38.8 Å². The lowest BCUT2D eigenvalue weighted by Gasteiger charge is -2.26. The average Bonchev–Trinajstić information content (AvgIpc) is 3.31. The Morgan fingerprint density at radius 2 is 1.69 bits per heavy atom. The van der Waals surface area contributed by atoms with E-state index < -0.39 is 47.9 Å². The van der Waals surface area contributed by atoms with Gasteiger partial charge in [0, 0.05) is 30.6 Å². The van der Waals surface area contributed by atoms with E-state index in [1.54, 1.807) is 0 Å². The van der Waals surface area contributed by atoms with E-state index in [-0.39, 0.29) is 43.4 Å². The molecule has 0 fully saturated rings. The fourth-order valence-corrected chi connectivity index (χ4v) is 3.36. The predicted octanol–water partition coefficient (Wildman–Crippen LogP) is -2.15. The number of hydrogen-bond donors (Lipinski definition) is 9. The van der Waals surface area contributed by atoms with Crippen molar-refractivity contribution in [3.63, 3.8) is 0 Å². The van der Waals surface area contributed by atoms with Crippen LogP contribution < -0.4 is 33.2 Å². The maximum atomic E-state index is 13.1. The topological polar surface area (TPSA) is 244 Å². The van der Waals surface area contributed by atoms with E-state index in [1.807, 2.05) is 13.8 Å². The lowest BCUT2D eigenvalue weighted by Crippen LogP contribution is -2.57. The quantitative estimate of drug-likeness (QED) is 0.0491. The van der Waals surface area contributed by atoms with E-state index in [0.717, 1.165) is 0 Å². The Bertz CT molecular complexity index is 890. The van der Waals surface area contributed by atoms with E-state index in [0.29, 0.717) is 12.1 Å². The first-order valence-electron chi connectivity index (χ1n) is 11.5. The van der Waals surface area contributed by atoms with Crippen LogP contribution in [0.5, 0.6) is 0 Å². The normalized spacial score (nSPS) is 14.2. The molecular weight excluding hydrogens is 490 g/mol. The van der Waals surface area contributed by atoms with Gasteiger partial charge in [-0.3, -0.25) is 19.4 Å². The van der Waals surface area contributed by atoms with Crippen LogP contribution in [0.4, 0.5) is 0 Å². The zero-order valence-electron chi connectivity index (χ0n) is 20.4. The molecule has 14 nitrogen and oxygen atoms in total. The summed E-state index contributed by atoms with van der Waals surface area (Å²) in [5.74, 6) is -3.15. The van der Waals surface area contributed by atoms with Crippen molar-refractivity contribution in [2.45, 2.75) is 63.7 Å². The van der Waals surface area contributed by atoms with Crippen molar-refractivity contribution in [2.75, 3.05) is 12.3 Å². The predicted molar refractivity (Wildman–Crippen MR) is 137 cm³/mol. The number of carbonyl (C=O) groups excluding carboxylic acids is 3. The number of nitrogens with one attached hydrogen (secondary N) is 4. The number of carbonyl (C=O) groups is 4. The lowest BCUT2D eigenvalue weighted by atomic mass is 10.0. The second-order valence-corrected chi connectivity index (χ2v) is 9.04. The summed E-state index contributed by atoms with van der Waals surface area (Å²) in [6.07, 6.45) is 3.60. The van der Waals surface area contributed by atoms with Crippen LogP contribution in [0.25, 0.3) is 0 Å². The number of thiol groups is 1. The molecule has 0 aromatic carbocycles. The Hall–Kier alpha value is -3.33. The van der Waals surface area contributed by atoms with Crippen LogP contribution in [0.15, 0.2) is 17.5 Å². The number of rotatable bonds is 16. The number of guanidine groups is 1. The molecule has 0 bridgehead atoms. The summed E-state index contributed by atoms with van der Waals surface area (Å²) in [4.78, 5) is 60.6. The first-order chi connectivity index (χ1) is 16.9. The molecule has 1 rings (SSSR count). The summed E-state index contributed by atoms with van der Waals surface area (Å²) in [5, 5.41) is 17.2. The van der Waals surface area contributed by atoms with Crippen molar-refractivity contribution in [3.05, 3.63) is 18.2 Å². The summed E-state index contributed by atoms with van der Waals surface area (Å²) < 4.78 is 0. The first-order valence-corrected chi connectivity index (χ1v) is 12.1. The largest absolute Gasteiger partial charge is 0.480 e. The Balaban J connectivity index is 2.98. The zero-order chi connectivity index (χ0) is 27.3. The SMILES string of the molecule is CC(C)CC(NC(=O)C(CCCN=C(N)N)NC(=O)C(N)CS)C(=O)NC(Cc1cnc[nH]1)C(=O)O. The molecule has 1 aromatic heterocycles. The number of hydrogen-bond acceptors (Lipinski definition) is 8. The second kappa shape index (κ2) is 15.6. The third-order valence-electron chi connectivity index (χ3n) is 5.05. The van der Waals surface area contributed by atoms with Gasteiger partial charge in [0.2, 0.25) is 17.7 Å². The van der Waals surface area contributed by atoms with Crippen LogP contribution in [0, 0.1) is 5.92 Å². The van der Waals surface area contributed by atoms with E-state index in [4.69, 9.17) is 17.2 Å². The van der Waals surface area contributed by atoms with Gasteiger partial charge in [0.15, 0.2) is 5.96 Å². The van der Waals surface area contributed by atoms with E-state index in [9.17, 15) is 24.3 Å². The first kappa shape index (κ1) is 30.7. The molecule has 11 N–H and O–H groups in total. The number of carboxylic acid groups (broad SMARTS) is 1. The Morgan fingerprint density at radius 3 is 2.22 bits per heavy atom. The van der Waals surface area contributed by atoms with Crippen LogP contribution in [0.2, 0.25) is 0 Å². The van der Waals surface area contributed by atoms with E-state index >= 15 is 0 Å². The number of aliphatic carboxylic acids is 1. The standard InChI is InChI=1S/C21H37N9O5S/c1-11(2)6-15(19(33)30-16(20(34)35)7-12-8-25-10-27-12)29-18(32)14(4-3-5-26-21(23)24)28-17(31)13(22)9-36/h8,10-11,13-16,36H,3-7,9,22H2,1-2H3,(H,25,27)(H,28,31)(H,29,32)(H,30,33)(H,34,35)(H4,23,24,26). The van der Waals surface area contributed by atoms with Crippen molar-refractivity contribution in [3.8, 4) is 0 Å². The number of aliphatic imine (C=N–C) groups is 1. The fourth-order valence-electron chi connectivity index (χ4n) is 3.20. The van der Waals surface area contributed by atoms with Crippen molar-refractivity contribution >= 4 is 42.3 Å². The number of aromatic amines is 1. The zero-order valence-corrected chi connectivity index (χ0v) is 21.3. The van der Waals surface area contributed by atoms with Crippen LogP contribution in [0.3, 0.4) is 0 Å². The van der Waals surface area contributed by atoms with Gasteiger partial charge in [0.25, 0.3) is 0 Å². The number of aromatic nitrogens is 2. The third-order valence-corrected chi connectivity index (χ3v) is 5.44. The van der Waals surface area contributed by atoms with Gasteiger partial charge in [-0.2, -0.15) is 12.6 Å². The summed E-state index contributed by atoms with van der Waals surface area (Å²) >= 11 is 4.00. The number of carboxylic acids is 1. The summed E-state index contributed by atoms with van der Waals surface area (Å²) in [7, 11) is 0. The fraction of sp³-hybridized carbons (Fsp3) is 0.619. The molecule has 0 spiro atoms.